The number of methoxy groups -OCH3 is 4. The number of nitrogens with one attached hydrogen (secondary N) is 1. The minimum atomic E-state index is -0.603. The predicted molar refractivity (Wildman–Crippen MR) is 161 cm³/mol. The average Bonchev–Trinajstić information content (AvgIpc) is 3.00. The summed E-state index contributed by atoms with van der Waals surface area (Å²) in [6, 6.07) is 6.69. The van der Waals surface area contributed by atoms with E-state index in [1.807, 2.05) is 0 Å². The van der Waals surface area contributed by atoms with E-state index < -0.39 is 5.97 Å². The van der Waals surface area contributed by atoms with Crippen LogP contribution < -0.4 is 19.5 Å². The van der Waals surface area contributed by atoms with Crippen molar-refractivity contribution in [1.29, 1.82) is 0 Å². The fourth-order valence-corrected chi connectivity index (χ4v) is 4.35. The molecule has 3 rings (SSSR count). The highest BCUT2D eigenvalue weighted by Crippen LogP contribution is 2.46. The third kappa shape index (κ3) is 7.67. The van der Waals surface area contributed by atoms with E-state index in [0.717, 1.165) is 7.11 Å². The van der Waals surface area contributed by atoms with Gasteiger partial charge in [-0.25, -0.2) is 4.79 Å². The smallest absolute Gasteiger partial charge is 0.336 e. The summed E-state index contributed by atoms with van der Waals surface area (Å²) in [6.07, 6.45) is 6.73. The molecule has 1 aliphatic rings. The molecule has 0 aromatic heterocycles. The molecule has 0 amide bonds. The lowest BCUT2D eigenvalue weighted by atomic mass is 9.88. The van der Waals surface area contributed by atoms with Crippen LogP contribution in [0.1, 0.15) is 30.5 Å². The van der Waals surface area contributed by atoms with Crippen molar-refractivity contribution in [3.05, 3.63) is 88.9 Å². The number of fused-ring (bicyclic) bond motifs is 1. The first kappa shape index (κ1) is 33.4. The van der Waals surface area contributed by atoms with Gasteiger partial charge in [-0.05, 0) is 67.8 Å². The van der Waals surface area contributed by atoms with Crippen LogP contribution in [0.15, 0.2) is 72.2 Å². The first-order valence-electron chi connectivity index (χ1n) is 12.9. The highest BCUT2D eigenvalue weighted by molar-refractivity contribution is 6.02. The van der Waals surface area contributed by atoms with E-state index in [-0.39, 0.29) is 23.0 Å². The minimum absolute atomic E-state index is 0.0123. The predicted octanol–water partition coefficient (Wildman–Crippen LogP) is 4.86. The van der Waals surface area contributed by atoms with Crippen LogP contribution in [0.2, 0.25) is 0 Å². The quantitative estimate of drug-likeness (QED) is 0.133. The van der Waals surface area contributed by atoms with Gasteiger partial charge in [0.15, 0.2) is 23.0 Å². The van der Waals surface area contributed by atoms with Gasteiger partial charge in [0, 0.05) is 36.4 Å². The zero-order valence-electron chi connectivity index (χ0n) is 25.0. The van der Waals surface area contributed by atoms with Gasteiger partial charge in [-0.2, -0.15) is 0 Å². The van der Waals surface area contributed by atoms with E-state index in [2.05, 4.69) is 11.9 Å². The number of ether oxygens (including phenoxy) is 5. The van der Waals surface area contributed by atoms with E-state index in [0.29, 0.717) is 63.8 Å². The highest BCUT2D eigenvalue weighted by atomic mass is 16.5. The lowest BCUT2D eigenvalue weighted by Crippen LogP contribution is -2.24. The summed E-state index contributed by atoms with van der Waals surface area (Å²) in [6.45, 7) is 7.75. The molecule has 0 bridgehead atoms. The Kier molecular flexibility index (Phi) is 12.6. The largest absolute Gasteiger partial charge is 0.504 e. The minimum Gasteiger partial charge on any atom is -0.504 e. The summed E-state index contributed by atoms with van der Waals surface area (Å²) >= 11 is 0. The molecule has 0 atom stereocenters. The third-order valence-corrected chi connectivity index (χ3v) is 6.34. The maximum atomic E-state index is 13.0. The highest BCUT2D eigenvalue weighted by Gasteiger charge is 2.27. The lowest BCUT2D eigenvalue weighted by molar-refractivity contribution is -0.133. The molecular weight excluding hydrogens is 542 g/mol. The Balaban J connectivity index is 0.00000301. The number of aliphatic hydroxyl groups excluding tert-OH is 1. The fourth-order valence-electron chi connectivity index (χ4n) is 4.35. The Morgan fingerprint density at radius 3 is 2.29 bits per heavy atom. The Morgan fingerprint density at radius 1 is 1.00 bits per heavy atom. The van der Waals surface area contributed by atoms with Crippen molar-refractivity contribution in [3.8, 4) is 28.7 Å². The molecule has 0 saturated heterocycles. The van der Waals surface area contributed by atoms with Gasteiger partial charge in [-0.3, -0.25) is 0 Å². The van der Waals surface area contributed by atoms with Crippen LogP contribution in [-0.4, -0.2) is 63.4 Å². The summed E-state index contributed by atoms with van der Waals surface area (Å²) in [5.41, 5.74) is 3.85. The Labute approximate surface area is 246 Å². The molecule has 4 N–H and O–H groups in total. The van der Waals surface area contributed by atoms with Crippen LogP contribution in [0.5, 0.6) is 28.7 Å². The van der Waals surface area contributed by atoms with Crippen molar-refractivity contribution in [2.45, 2.75) is 20.3 Å². The van der Waals surface area contributed by atoms with E-state index in [1.54, 1.807) is 50.3 Å². The molecule has 0 fully saturated rings. The second kappa shape index (κ2) is 15.8. The Morgan fingerprint density at radius 2 is 1.69 bits per heavy atom. The van der Waals surface area contributed by atoms with Crippen LogP contribution in [0.3, 0.4) is 0 Å². The number of aromatic hydroxyl groups is 2. The number of aliphatic hydroxyl groups is 1. The van der Waals surface area contributed by atoms with Crippen molar-refractivity contribution in [1.82, 2.24) is 5.32 Å². The molecule has 10 nitrogen and oxygen atoms in total. The van der Waals surface area contributed by atoms with Crippen molar-refractivity contribution >= 4 is 17.2 Å². The van der Waals surface area contributed by atoms with Gasteiger partial charge in [0.05, 0.1) is 34.1 Å². The van der Waals surface area contributed by atoms with Gasteiger partial charge in [0.1, 0.15) is 11.5 Å². The molecule has 0 saturated carbocycles. The number of allylic oxidation sites excluding steroid dienone is 5. The lowest BCUT2D eigenvalue weighted by Gasteiger charge is -2.27. The number of rotatable bonds is 10. The second-order valence-corrected chi connectivity index (χ2v) is 8.74. The molecule has 1 aliphatic heterocycles. The van der Waals surface area contributed by atoms with Gasteiger partial charge in [0.25, 0.3) is 0 Å². The Bertz CT molecular complexity index is 1420. The van der Waals surface area contributed by atoms with Gasteiger partial charge in [-0.15, -0.1) is 0 Å². The van der Waals surface area contributed by atoms with Crippen LogP contribution in [0, 0.1) is 0 Å². The summed E-state index contributed by atoms with van der Waals surface area (Å²) in [4.78, 5) is 13.0. The second-order valence-electron chi connectivity index (χ2n) is 8.74. The van der Waals surface area contributed by atoms with Crippen LogP contribution in [0.4, 0.5) is 0 Å². The first-order chi connectivity index (χ1) is 20.2. The average molecular weight is 582 g/mol. The molecule has 2 aromatic rings. The van der Waals surface area contributed by atoms with Crippen molar-refractivity contribution < 1.29 is 43.8 Å². The maximum Gasteiger partial charge on any atom is 0.336 e. The molecule has 0 spiro atoms. The summed E-state index contributed by atoms with van der Waals surface area (Å²) in [7, 11) is 6.91. The normalized spacial score (nSPS) is 14.1. The van der Waals surface area contributed by atoms with E-state index >= 15 is 0 Å². The molecule has 0 radical (unpaired) electrons. The van der Waals surface area contributed by atoms with Crippen LogP contribution >= 0.6 is 0 Å². The topological polar surface area (TPSA) is 136 Å². The van der Waals surface area contributed by atoms with Crippen molar-refractivity contribution in [2.75, 3.05) is 42.1 Å². The number of benzene rings is 2. The third-order valence-electron chi connectivity index (χ3n) is 6.34. The van der Waals surface area contributed by atoms with Crippen LogP contribution in [-0.2, 0) is 20.7 Å². The number of phenolic OH excluding ortho intramolecular Hbond substituents is 2. The zero-order chi connectivity index (χ0) is 31.4. The molecule has 2 aromatic carbocycles. The molecule has 0 unspecified atom stereocenters. The molecular formula is C32H39NO9. The van der Waals surface area contributed by atoms with Crippen molar-refractivity contribution in [3.63, 3.8) is 0 Å². The number of hydrogen-bond acceptors (Lipinski definition) is 10. The number of carbonyl (C=O) groups excluding carboxylic acids is 1. The number of carbonyl (C=O) groups is 1. The van der Waals surface area contributed by atoms with Crippen molar-refractivity contribution in [2.24, 2.45) is 0 Å². The molecule has 226 valence electrons. The molecule has 1 heterocycles. The van der Waals surface area contributed by atoms with E-state index in [4.69, 9.17) is 28.8 Å². The monoisotopic (exact) mass is 581 g/mol. The molecule has 10 heteroatoms. The first-order valence-corrected chi connectivity index (χ1v) is 12.9. The van der Waals surface area contributed by atoms with Gasteiger partial charge in [0.2, 0.25) is 5.75 Å². The molecule has 42 heavy (non-hydrogen) atoms. The number of hydrogen-bond donors (Lipinski definition) is 4. The SMILES string of the molecule is C=C(/C=C\C(=C/C)OC(=O)/C=C(C)/C(=C1\NCCc2c1cc(OC)c(OC)c2O)c1ccc(O)c(OC)c1)OC.CO. The van der Waals surface area contributed by atoms with Gasteiger partial charge in [-0.1, -0.05) is 12.6 Å². The maximum absolute atomic E-state index is 13.0. The van der Waals surface area contributed by atoms with E-state index in [9.17, 15) is 15.0 Å². The Hall–Kier alpha value is -4.83. The van der Waals surface area contributed by atoms with Gasteiger partial charge >= 0.3 is 5.97 Å². The summed E-state index contributed by atoms with van der Waals surface area (Å²) in [5.74, 6) is 0.940. The molecule has 0 aliphatic carbocycles. The fraction of sp³-hybridized carbons (Fsp3) is 0.281. The van der Waals surface area contributed by atoms with E-state index in [1.165, 1.54) is 40.6 Å². The number of esters is 1. The summed E-state index contributed by atoms with van der Waals surface area (Å²) < 4.78 is 26.8. The summed E-state index contributed by atoms with van der Waals surface area (Å²) in [5, 5.41) is 31.7. The standard InChI is InChI=1S/C31H35NO8.CH4O/c1-8-21(11-9-19(3)36-4)40-27(34)15-18(2)28(20-10-12-24(33)25(16-20)37-5)29-23-17-26(38-6)31(39-7)30(35)22(23)13-14-32-29;1-2/h8-12,15-17,32-33,35H,3,13-14H2,1-2,4-7H3;2H,1H3/b11-9-,18-15+,21-8+,29-28+;. The van der Waals surface area contributed by atoms with Gasteiger partial charge < -0.3 is 44.3 Å². The zero-order valence-corrected chi connectivity index (χ0v) is 25.0. The van der Waals surface area contributed by atoms with Crippen LogP contribution in [0.25, 0.3) is 11.3 Å². The number of phenols is 2.